The van der Waals surface area contributed by atoms with Crippen molar-refractivity contribution in [2.24, 2.45) is 17.3 Å². The number of imidazole rings is 1. The fourth-order valence-corrected chi connectivity index (χ4v) is 7.91. The van der Waals surface area contributed by atoms with Gasteiger partial charge in [0.15, 0.2) is 5.78 Å². The molecule has 1 aromatic heterocycles. The summed E-state index contributed by atoms with van der Waals surface area (Å²) in [5.74, 6) is -1.58. The van der Waals surface area contributed by atoms with Gasteiger partial charge in [-0.1, -0.05) is 175 Å². The van der Waals surface area contributed by atoms with Crippen LogP contribution in [0, 0.1) is 17.3 Å². The average molecular weight is 889 g/mol. The second-order valence-electron chi connectivity index (χ2n) is 18.4. The molecule has 9 heteroatoms. The molecule has 66 heavy (non-hydrogen) atoms. The van der Waals surface area contributed by atoms with E-state index in [9.17, 15) is 19.2 Å². The van der Waals surface area contributed by atoms with Crippen molar-refractivity contribution in [3.05, 3.63) is 178 Å². The van der Waals surface area contributed by atoms with Gasteiger partial charge < -0.3 is 19.9 Å². The third-order valence-corrected chi connectivity index (χ3v) is 12.4. The number of aromatic nitrogens is 2. The van der Waals surface area contributed by atoms with Crippen molar-refractivity contribution in [1.82, 2.24) is 20.2 Å². The van der Waals surface area contributed by atoms with Crippen molar-refractivity contribution in [3.63, 3.8) is 0 Å². The van der Waals surface area contributed by atoms with Gasteiger partial charge in [-0.25, -0.2) is 4.98 Å². The van der Waals surface area contributed by atoms with Gasteiger partial charge in [0.05, 0.1) is 29.4 Å². The molecule has 346 valence electrons. The van der Waals surface area contributed by atoms with Crippen molar-refractivity contribution in [2.45, 2.75) is 112 Å². The van der Waals surface area contributed by atoms with E-state index in [1.165, 1.54) is 6.92 Å². The number of hydrogen-bond donors (Lipinski definition) is 2. The largest absolute Gasteiger partial charge is 0.458 e. The van der Waals surface area contributed by atoms with Gasteiger partial charge in [0.1, 0.15) is 17.7 Å². The summed E-state index contributed by atoms with van der Waals surface area (Å²) in [5.41, 5.74) is 3.75. The third-order valence-electron chi connectivity index (χ3n) is 12.4. The fourth-order valence-electron chi connectivity index (χ4n) is 7.91. The molecule has 5 rings (SSSR count). The zero-order valence-electron chi connectivity index (χ0n) is 40.2. The molecule has 0 radical (unpaired) electrons. The number of ketones is 1. The van der Waals surface area contributed by atoms with Crippen LogP contribution in [-0.4, -0.2) is 51.3 Å². The first-order valence-corrected chi connectivity index (χ1v) is 23.2. The molecule has 2 amide bonds. The van der Waals surface area contributed by atoms with Gasteiger partial charge in [0.25, 0.3) is 0 Å². The molecule has 0 saturated carbocycles. The number of nitrogens with zero attached hydrogens (tertiary/aromatic N) is 2. The molecule has 0 fully saturated rings. The lowest BCUT2D eigenvalue weighted by Gasteiger charge is -2.37. The van der Waals surface area contributed by atoms with E-state index in [0.717, 1.165) is 57.5 Å². The first kappa shape index (κ1) is 50.4. The van der Waals surface area contributed by atoms with E-state index < -0.39 is 28.9 Å². The average Bonchev–Trinajstić information content (AvgIpc) is 3.78. The Labute approximate surface area is 391 Å². The van der Waals surface area contributed by atoms with Crippen molar-refractivity contribution < 1.29 is 23.9 Å². The molecule has 4 aromatic carbocycles. The maximum absolute atomic E-state index is 14.0. The molecule has 0 aliphatic heterocycles. The van der Waals surface area contributed by atoms with Gasteiger partial charge in [-0.15, -0.1) is 0 Å². The second-order valence-corrected chi connectivity index (χ2v) is 18.4. The highest BCUT2D eigenvalue weighted by molar-refractivity contribution is 5.94. The zero-order chi connectivity index (χ0) is 48.0. The predicted octanol–water partition coefficient (Wildman–Crippen LogP) is 9.12. The number of unbranched alkanes of at least 4 members (excludes halogenated alkanes) is 1. The van der Waals surface area contributed by atoms with Gasteiger partial charge in [-0.3, -0.25) is 19.2 Å². The summed E-state index contributed by atoms with van der Waals surface area (Å²) in [6, 6.07) is 34.8. The fraction of sp³-hybridized carbons (Fsp3) is 0.351. The summed E-state index contributed by atoms with van der Waals surface area (Å²) >= 11 is 0. The molecule has 0 aliphatic rings. The van der Waals surface area contributed by atoms with Crippen molar-refractivity contribution >= 4 is 42.3 Å². The minimum atomic E-state index is -0.990. The third kappa shape index (κ3) is 12.6. The number of Topliss-reactive ketones (excluding diaryl/α,β-unsaturated/α-hetero) is 1. The number of amides is 2. The van der Waals surface area contributed by atoms with Crippen LogP contribution in [0.3, 0.4) is 0 Å². The Morgan fingerprint density at radius 2 is 1.39 bits per heavy atom. The molecule has 3 unspecified atom stereocenters. The van der Waals surface area contributed by atoms with Gasteiger partial charge in [0.2, 0.25) is 11.8 Å². The Kier molecular flexibility index (Phi) is 17.6. The maximum atomic E-state index is 14.0. The Hall–Kier alpha value is -6.61. The molecule has 0 saturated heterocycles. The Morgan fingerprint density at radius 1 is 0.818 bits per heavy atom. The molecular formula is C57H68N4O5. The molecule has 0 aliphatic carbocycles. The Balaban J connectivity index is 1.28. The molecular weight excluding hydrogens is 821 g/mol. The summed E-state index contributed by atoms with van der Waals surface area (Å²) in [6.45, 7) is 20.9. The van der Waals surface area contributed by atoms with Crippen LogP contribution in [-0.2, 0) is 35.9 Å². The molecule has 0 spiro atoms. The smallest absolute Gasteiger partial charge is 0.309 e. The highest BCUT2D eigenvalue weighted by Crippen LogP contribution is 2.41. The number of carbonyl (C=O) groups is 4. The van der Waals surface area contributed by atoms with E-state index >= 15 is 0 Å². The number of esters is 1. The van der Waals surface area contributed by atoms with E-state index in [0.29, 0.717) is 5.69 Å². The van der Waals surface area contributed by atoms with Crippen LogP contribution in [0.5, 0.6) is 0 Å². The van der Waals surface area contributed by atoms with Crippen LogP contribution in [0.4, 0.5) is 0 Å². The molecule has 9 nitrogen and oxygen atoms in total. The topological polar surface area (TPSA) is 119 Å². The summed E-state index contributed by atoms with van der Waals surface area (Å²) < 4.78 is 7.79. The number of hydrogen-bond acceptors (Lipinski definition) is 6. The van der Waals surface area contributed by atoms with Crippen LogP contribution < -0.4 is 21.1 Å². The highest BCUT2D eigenvalue weighted by Gasteiger charge is 2.39. The standard InChI is InChI=1S/C57H68N4O5/c1-11-12-22-41(5)54(64)66-44(8)40(4)29-31-46-32-30-45(35-42(46)6)33-34-56(9,10)55(65)60-52(39(2)3)53(63)59-51(43(7)62)36-50-37-61(38-58-50)57(47-23-16-13-17-24-47,48-25-18-14-19-26-48)49-27-20-15-21-28-49/h13-21,23-35,37-39,41,44,51-52H,6,11-12,22,36H2,1-5,7-10H3,(H,59,63)(H,60,65)/b34-33+,40-29+,46-31-/t41?,44-,51?,52?/m1/s1. The maximum Gasteiger partial charge on any atom is 0.309 e. The van der Waals surface area contributed by atoms with E-state index in [-0.39, 0.29) is 42.0 Å². The lowest BCUT2D eigenvalue weighted by Crippen LogP contribution is -2.55. The van der Waals surface area contributed by atoms with Gasteiger partial charge in [-0.2, -0.15) is 0 Å². The Morgan fingerprint density at radius 3 is 1.91 bits per heavy atom. The van der Waals surface area contributed by atoms with Gasteiger partial charge in [0, 0.05) is 12.6 Å². The zero-order valence-corrected chi connectivity index (χ0v) is 40.2. The van der Waals surface area contributed by atoms with Crippen LogP contribution in [0.2, 0.25) is 0 Å². The van der Waals surface area contributed by atoms with Crippen LogP contribution in [0.25, 0.3) is 18.7 Å². The number of ether oxygens (including phenoxy) is 1. The van der Waals surface area contributed by atoms with Crippen LogP contribution in [0.15, 0.2) is 139 Å². The number of allylic oxidation sites excluding steroid dienone is 1. The molecule has 5 aromatic rings. The summed E-state index contributed by atoms with van der Waals surface area (Å²) in [4.78, 5) is 58.4. The van der Waals surface area contributed by atoms with Crippen molar-refractivity contribution in [2.75, 3.05) is 0 Å². The molecule has 0 bridgehead atoms. The van der Waals surface area contributed by atoms with Crippen LogP contribution in [0.1, 0.15) is 110 Å². The first-order valence-electron chi connectivity index (χ1n) is 23.2. The molecule has 4 atom stereocenters. The monoisotopic (exact) mass is 889 g/mol. The summed E-state index contributed by atoms with van der Waals surface area (Å²) in [5, 5.41) is 7.64. The normalized spacial score (nSPS) is 14.4. The lowest BCUT2D eigenvalue weighted by atomic mass is 9.77. The Bertz CT molecular complexity index is 2500. The predicted molar refractivity (Wildman–Crippen MR) is 266 cm³/mol. The minimum absolute atomic E-state index is 0.127. The van der Waals surface area contributed by atoms with E-state index in [2.05, 4.69) is 65.1 Å². The number of carbonyl (C=O) groups excluding carboxylic acids is 4. The van der Waals surface area contributed by atoms with E-state index in [4.69, 9.17) is 9.72 Å². The molecule has 1 heterocycles. The van der Waals surface area contributed by atoms with E-state index in [1.807, 2.05) is 138 Å². The number of benzene rings is 4. The number of rotatable bonds is 21. The van der Waals surface area contributed by atoms with Gasteiger partial charge >= 0.3 is 5.97 Å². The highest BCUT2D eigenvalue weighted by atomic mass is 16.5. The van der Waals surface area contributed by atoms with Crippen molar-refractivity contribution in [3.8, 4) is 0 Å². The SMILES string of the molecule is C=c1cc(/C=C/C(C)(C)C(=O)NC(C(=O)NC(Cc2cn(C(c3ccccc3)(c3ccccc3)c3ccccc3)cn2)C(C)=O)C(C)C)cc/c1=C/C=C(\C)[C@@H](C)OC(=O)C(C)CCCC. The summed E-state index contributed by atoms with van der Waals surface area (Å²) in [6.07, 6.45) is 14.0. The van der Waals surface area contributed by atoms with Crippen molar-refractivity contribution in [1.29, 1.82) is 0 Å². The first-order chi connectivity index (χ1) is 31.5. The second kappa shape index (κ2) is 23.0. The van der Waals surface area contributed by atoms with E-state index in [1.54, 1.807) is 20.2 Å². The summed E-state index contributed by atoms with van der Waals surface area (Å²) in [7, 11) is 0. The minimum Gasteiger partial charge on any atom is -0.458 e. The lowest BCUT2D eigenvalue weighted by molar-refractivity contribution is -0.151. The number of nitrogens with one attached hydrogen (secondary N) is 2. The quantitative estimate of drug-likeness (QED) is 0.0561. The van der Waals surface area contributed by atoms with Crippen LogP contribution >= 0.6 is 0 Å². The van der Waals surface area contributed by atoms with Gasteiger partial charge in [-0.05, 0) is 91.3 Å². The molecule has 2 N–H and O–H groups in total.